The monoisotopic (exact) mass is 295 g/mol. The molecule has 1 amide bonds. The molecule has 2 rings (SSSR count). The summed E-state index contributed by atoms with van der Waals surface area (Å²) in [6.45, 7) is 1.75. The highest BCUT2D eigenvalue weighted by atomic mass is 35.5. The molecule has 0 radical (unpaired) electrons. The molecule has 0 aliphatic rings. The van der Waals surface area contributed by atoms with E-state index in [0.717, 1.165) is 17.7 Å². The van der Waals surface area contributed by atoms with Gasteiger partial charge < -0.3 is 5.32 Å². The molecular formula is C15H12ClF2NO. The summed E-state index contributed by atoms with van der Waals surface area (Å²) in [6, 6.07) is 9.50. The molecule has 20 heavy (non-hydrogen) atoms. The topological polar surface area (TPSA) is 29.1 Å². The molecule has 2 aromatic carbocycles. The average Bonchev–Trinajstić information content (AvgIpc) is 2.38. The van der Waals surface area contributed by atoms with Crippen LogP contribution in [0.5, 0.6) is 0 Å². The van der Waals surface area contributed by atoms with Crippen LogP contribution in [-0.2, 0) is 0 Å². The Bertz CT molecular complexity index is 646. The van der Waals surface area contributed by atoms with E-state index < -0.39 is 17.5 Å². The fraction of sp³-hybridized carbons (Fsp3) is 0.133. The maximum atomic E-state index is 13.5. The maximum Gasteiger partial charge on any atom is 0.254 e. The standard InChI is InChI=1S/C15H12ClF2NO/c1-9(10-3-2-4-11(16)7-10)19-15(20)13-6-5-12(17)8-14(13)18/h2-9H,1H3,(H,19,20). The molecule has 0 aromatic heterocycles. The molecular weight excluding hydrogens is 284 g/mol. The lowest BCUT2D eigenvalue weighted by molar-refractivity contribution is 0.0935. The minimum Gasteiger partial charge on any atom is -0.345 e. The smallest absolute Gasteiger partial charge is 0.254 e. The van der Waals surface area contributed by atoms with Crippen LogP contribution in [0.4, 0.5) is 8.78 Å². The van der Waals surface area contributed by atoms with Gasteiger partial charge in [0, 0.05) is 11.1 Å². The SMILES string of the molecule is CC(NC(=O)c1ccc(F)cc1F)c1cccc(Cl)c1. The van der Waals surface area contributed by atoms with Crippen LogP contribution < -0.4 is 5.32 Å². The molecule has 0 aliphatic carbocycles. The second-order valence-electron chi connectivity index (χ2n) is 4.37. The summed E-state index contributed by atoms with van der Waals surface area (Å²) in [5.74, 6) is -2.21. The van der Waals surface area contributed by atoms with E-state index in [1.54, 1.807) is 31.2 Å². The number of carbonyl (C=O) groups is 1. The minimum absolute atomic E-state index is 0.194. The van der Waals surface area contributed by atoms with Gasteiger partial charge in [-0.1, -0.05) is 23.7 Å². The van der Waals surface area contributed by atoms with Gasteiger partial charge in [-0.3, -0.25) is 4.79 Å². The van der Waals surface area contributed by atoms with Gasteiger partial charge in [0.25, 0.3) is 5.91 Å². The van der Waals surface area contributed by atoms with Crippen LogP contribution in [0.1, 0.15) is 28.9 Å². The Balaban J connectivity index is 2.15. The van der Waals surface area contributed by atoms with Gasteiger partial charge in [0.2, 0.25) is 0 Å². The van der Waals surface area contributed by atoms with Crippen molar-refractivity contribution in [2.45, 2.75) is 13.0 Å². The number of benzene rings is 2. The summed E-state index contributed by atoms with van der Waals surface area (Å²) in [5.41, 5.74) is 0.605. The zero-order valence-electron chi connectivity index (χ0n) is 10.7. The lowest BCUT2D eigenvalue weighted by Gasteiger charge is -2.15. The van der Waals surface area contributed by atoms with Gasteiger partial charge in [-0.2, -0.15) is 0 Å². The summed E-state index contributed by atoms with van der Waals surface area (Å²) in [5, 5.41) is 3.19. The zero-order chi connectivity index (χ0) is 14.7. The molecule has 0 saturated heterocycles. The Morgan fingerprint density at radius 3 is 2.60 bits per heavy atom. The number of hydrogen-bond donors (Lipinski definition) is 1. The predicted octanol–water partition coefficient (Wildman–Crippen LogP) is 4.11. The largest absolute Gasteiger partial charge is 0.345 e. The normalized spacial score (nSPS) is 12.0. The molecule has 1 N–H and O–H groups in total. The van der Waals surface area contributed by atoms with Crippen LogP contribution in [0.2, 0.25) is 5.02 Å². The first-order valence-corrected chi connectivity index (χ1v) is 6.36. The van der Waals surface area contributed by atoms with E-state index in [9.17, 15) is 13.6 Å². The van der Waals surface area contributed by atoms with Crippen LogP contribution >= 0.6 is 11.6 Å². The fourth-order valence-electron chi connectivity index (χ4n) is 1.81. The number of hydrogen-bond acceptors (Lipinski definition) is 1. The first-order chi connectivity index (χ1) is 9.47. The summed E-state index contributed by atoms with van der Waals surface area (Å²) < 4.78 is 26.3. The zero-order valence-corrected chi connectivity index (χ0v) is 11.4. The summed E-state index contributed by atoms with van der Waals surface area (Å²) in [4.78, 5) is 11.9. The van der Waals surface area contributed by atoms with Crippen molar-refractivity contribution >= 4 is 17.5 Å². The van der Waals surface area contributed by atoms with Gasteiger partial charge in [-0.15, -0.1) is 0 Å². The van der Waals surface area contributed by atoms with Gasteiger partial charge in [-0.25, -0.2) is 8.78 Å². The third kappa shape index (κ3) is 3.33. The number of amides is 1. The van der Waals surface area contributed by atoms with E-state index in [0.29, 0.717) is 11.1 Å². The van der Waals surface area contributed by atoms with Crippen molar-refractivity contribution in [1.29, 1.82) is 0 Å². The van der Waals surface area contributed by atoms with E-state index in [2.05, 4.69) is 5.32 Å². The second-order valence-corrected chi connectivity index (χ2v) is 4.81. The summed E-state index contributed by atoms with van der Waals surface area (Å²) in [7, 11) is 0. The first-order valence-electron chi connectivity index (χ1n) is 5.99. The minimum atomic E-state index is -0.888. The highest BCUT2D eigenvalue weighted by Gasteiger charge is 2.15. The summed E-state index contributed by atoms with van der Waals surface area (Å²) in [6.07, 6.45) is 0. The van der Waals surface area contributed by atoms with E-state index in [1.165, 1.54) is 0 Å². The fourth-order valence-corrected chi connectivity index (χ4v) is 2.01. The van der Waals surface area contributed by atoms with Crippen molar-refractivity contribution in [2.24, 2.45) is 0 Å². The van der Waals surface area contributed by atoms with Gasteiger partial charge >= 0.3 is 0 Å². The average molecular weight is 296 g/mol. The molecule has 0 bridgehead atoms. The Morgan fingerprint density at radius 1 is 1.20 bits per heavy atom. The molecule has 0 heterocycles. The lowest BCUT2D eigenvalue weighted by atomic mass is 10.1. The third-order valence-corrected chi connectivity index (χ3v) is 3.11. The van der Waals surface area contributed by atoms with Crippen LogP contribution in [0, 0.1) is 11.6 Å². The third-order valence-electron chi connectivity index (χ3n) is 2.87. The Hall–Kier alpha value is -1.94. The summed E-state index contributed by atoms with van der Waals surface area (Å²) >= 11 is 5.87. The van der Waals surface area contributed by atoms with Crippen LogP contribution in [0.25, 0.3) is 0 Å². The van der Waals surface area contributed by atoms with Gasteiger partial charge in [0.15, 0.2) is 0 Å². The molecule has 0 saturated carbocycles. The number of rotatable bonds is 3. The highest BCUT2D eigenvalue weighted by molar-refractivity contribution is 6.30. The molecule has 1 unspecified atom stereocenters. The number of carbonyl (C=O) groups excluding carboxylic acids is 1. The molecule has 0 spiro atoms. The van der Waals surface area contributed by atoms with Gasteiger partial charge in [0.05, 0.1) is 11.6 Å². The Kier molecular flexibility index (Phi) is 4.35. The van der Waals surface area contributed by atoms with Crippen molar-refractivity contribution in [1.82, 2.24) is 5.32 Å². The molecule has 0 fully saturated rings. The van der Waals surface area contributed by atoms with E-state index >= 15 is 0 Å². The number of halogens is 3. The molecule has 0 aliphatic heterocycles. The second kappa shape index (κ2) is 6.01. The van der Waals surface area contributed by atoms with E-state index in [-0.39, 0.29) is 11.6 Å². The highest BCUT2D eigenvalue weighted by Crippen LogP contribution is 2.18. The molecule has 1 atom stereocenters. The Labute approximate surface area is 120 Å². The van der Waals surface area contributed by atoms with E-state index in [4.69, 9.17) is 11.6 Å². The molecule has 2 aromatic rings. The van der Waals surface area contributed by atoms with Crippen LogP contribution in [-0.4, -0.2) is 5.91 Å². The van der Waals surface area contributed by atoms with Crippen molar-refractivity contribution in [3.63, 3.8) is 0 Å². The lowest BCUT2D eigenvalue weighted by Crippen LogP contribution is -2.27. The van der Waals surface area contributed by atoms with Gasteiger partial charge in [0.1, 0.15) is 11.6 Å². The van der Waals surface area contributed by atoms with Gasteiger partial charge in [-0.05, 0) is 36.8 Å². The Morgan fingerprint density at radius 2 is 1.95 bits per heavy atom. The van der Waals surface area contributed by atoms with Crippen molar-refractivity contribution < 1.29 is 13.6 Å². The van der Waals surface area contributed by atoms with Crippen molar-refractivity contribution in [3.8, 4) is 0 Å². The van der Waals surface area contributed by atoms with Crippen molar-refractivity contribution in [3.05, 3.63) is 70.2 Å². The van der Waals surface area contributed by atoms with Crippen LogP contribution in [0.15, 0.2) is 42.5 Å². The quantitative estimate of drug-likeness (QED) is 0.907. The predicted molar refractivity (Wildman–Crippen MR) is 73.7 cm³/mol. The molecule has 5 heteroatoms. The molecule has 2 nitrogen and oxygen atoms in total. The first kappa shape index (κ1) is 14.5. The number of nitrogens with one attached hydrogen (secondary N) is 1. The van der Waals surface area contributed by atoms with Crippen molar-refractivity contribution in [2.75, 3.05) is 0 Å². The molecule has 104 valence electrons. The van der Waals surface area contributed by atoms with E-state index in [1.807, 2.05) is 0 Å². The van der Waals surface area contributed by atoms with Crippen LogP contribution in [0.3, 0.4) is 0 Å². The maximum absolute atomic E-state index is 13.5.